The van der Waals surface area contributed by atoms with Crippen molar-refractivity contribution in [1.29, 1.82) is 10.5 Å². The van der Waals surface area contributed by atoms with E-state index in [1.165, 1.54) is 0 Å². The van der Waals surface area contributed by atoms with Crippen molar-refractivity contribution >= 4 is 0 Å². The Kier molecular flexibility index (Phi) is 2.90. The summed E-state index contributed by atoms with van der Waals surface area (Å²) in [4.78, 5) is 0. The van der Waals surface area contributed by atoms with Gasteiger partial charge in [0.05, 0.1) is 23.5 Å². The summed E-state index contributed by atoms with van der Waals surface area (Å²) in [6.07, 6.45) is 0.747. The van der Waals surface area contributed by atoms with E-state index >= 15 is 0 Å². The molecule has 0 heterocycles. The van der Waals surface area contributed by atoms with Gasteiger partial charge >= 0.3 is 0 Å². The fourth-order valence-electron chi connectivity index (χ4n) is 0.841. The largest absolute Gasteiger partial charge is 0.198 e. The Morgan fingerprint density at radius 1 is 1.40 bits per heavy atom. The molecule has 0 spiro atoms. The molecule has 0 aliphatic rings. The highest BCUT2D eigenvalue weighted by Crippen LogP contribution is 2.27. The van der Waals surface area contributed by atoms with Gasteiger partial charge < -0.3 is 0 Å². The van der Waals surface area contributed by atoms with Gasteiger partial charge in [-0.15, -0.1) is 0 Å². The van der Waals surface area contributed by atoms with Crippen LogP contribution in [0.15, 0.2) is 0 Å². The molecule has 0 aromatic carbocycles. The minimum atomic E-state index is -0.497. The lowest BCUT2D eigenvalue weighted by atomic mass is 9.80. The van der Waals surface area contributed by atoms with Gasteiger partial charge in [0.25, 0.3) is 0 Å². The van der Waals surface area contributed by atoms with Crippen LogP contribution >= 0.6 is 0 Å². The molecule has 1 unspecified atom stereocenters. The average Bonchev–Trinajstić information content (AvgIpc) is 1.90. The van der Waals surface area contributed by atoms with Gasteiger partial charge in [-0.2, -0.15) is 10.5 Å². The molecule has 0 aromatic rings. The third kappa shape index (κ3) is 1.74. The van der Waals surface area contributed by atoms with E-state index in [9.17, 15) is 0 Å². The molecular formula is C8H12N2. The topological polar surface area (TPSA) is 47.6 Å². The predicted molar refractivity (Wildman–Crippen MR) is 38.8 cm³/mol. The van der Waals surface area contributed by atoms with Crippen molar-refractivity contribution in [3.05, 3.63) is 0 Å². The Hall–Kier alpha value is -1.02. The third-order valence-corrected chi connectivity index (χ3v) is 1.72. The molecule has 2 nitrogen and oxygen atoms in total. The molecule has 0 aromatic heterocycles. The SMILES string of the molecule is CCC(C#N)C(C)(C)C#N. The number of nitriles is 2. The number of hydrogen-bond acceptors (Lipinski definition) is 2. The first-order valence-corrected chi connectivity index (χ1v) is 3.39. The van der Waals surface area contributed by atoms with Crippen LogP contribution < -0.4 is 0 Å². The van der Waals surface area contributed by atoms with Crippen LogP contribution in [0.3, 0.4) is 0 Å². The highest BCUT2D eigenvalue weighted by Gasteiger charge is 2.27. The zero-order valence-electron chi connectivity index (χ0n) is 6.68. The highest BCUT2D eigenvalue weighted by atomic mass is 14.4. The minimum Gasteiger partial charge on any atom is -0.198 e. The van der Waals surface area contributed by atoms with E-state index in [1.807, 2.05) is 6.92 Å². The number of rotatable bonds is 2. The van der Waals surface area contributed by atoms with Gasteiger partial charge in [-0.25, -0.2) is 0 Å². The summed E-state index contributed by atoms with van der Waals surface area (Å²) in [5, 5.41) is 17.2. The molecule has 0 radical (unpaired) electrons. The number of nitrogens with zero attached hydrogens (tertiary/aromatic N) is 2. The maximum Gasteiger partial charge on any atom is 0.0697 e. The van der Waals surface area contributed by atoms with Crippen LogP contribution in [0, 0.1) is 34.0 Å². The van der Waals surface area contributed by atoms with E-state index in [2.05, 4.69) is 12.1 Å². The summed E-state index contributed by atoms with van der Waals surface area (Å²) >= 11 is 0. The Labute approximate surface area is 62.1 Å². The Morgan fingerprint density at radius 3 is 2.00 bits per heavy atom. The van der Waals surface area contributed by atoms with Crippen molar-refractivity contribution in [2.45, 2.75) is 27.2 Å². The van der Waals surface area contributed by atoms with Crippen LogP contribution in [-0.4, -0.2) is 0 Å². The molecule has 10 heavy (non-hydrogen) atoms. The summed E-state index contributed by atoms with van der Waals surface area (Å²) in [6.45, 7) is 5.52. The van der Waals surface area contributed by atoms with E-state index in [1.54, 1.807) is 13.8 Å². The average molecular weight is 136 g/mol. The maximum atomic E-state index is 8.63. The van der Waals surface area contributed by atoms with Gasteiger partial charge in [0, 0.05) is 0 Å². The molecule has 54 valence electrons. The standard InChI is InChI=1S/C8H12N2/c1-4-7(5-9)8(2,3)6-10/h7H,4H2,1-3H3. The van der Waals surface area contributed by atoms with Crippen molar-refractivity contribution in [2.24, 2.45) is 11.3 Å². The lowest BCUT2D eigenvalue weighted by molar-refractivity contribution is 0.354. The zero-order valence-corrected chi connectivity index (χ0v) is 6.68. The molecular weight excluding hydrogens is 124 g/mol. The van der Waals surface area contributed by atoms with Crippen molar-refractivity contribution in [3.8, 4) is 12.1 Å². The second-order valence-corrected chi connectivity index (χ2v) is 2.92. The minimum absolute atomic E-state index is 0.141. The number of hydrogen-bond donors (Lipinski definition) is 0. The van der Waals surface area contributed by atoms with Crippen LogP contribution in [0.2, 0.25) is 0 Å². The van der Waals surface area contributed by atoms with Gasteiger partial charge in [0.2, 0.25) is 0 Å². The van der Waals surface area contributed by atoms with Gasteiger partial charge in [0.1, 0.15) is 0 Å². The molecule has 0 rings (SSSR count). The molecule has 0 aliphatic carbocycles. The van der Waals surface area contributed by atoms with Gasteiger partial charge in [-0.05, 0) is 20.3 Å². The smallest absolute Gasteiger partial charge is 0.0697 e. The molecule has 0 amide bonds. The van der Waals surface area contributed by atoms with Crippen LogP contribution in [0.25, 0.3) is 0 Å². The van der Waals surface area contributed by atoms with Crippen LogP contribution in [0.4, 0.5) is 0 Å². The van der Waals surface area contributed by atoms with E-state index in [4.69, 9.17) is 10.5 Å². The monoisotopic (exact) mass is 136 g/mol. The Balaban J connectivity index is 4.34. The fourth-order valence-corrected chi connectivity index (χ4v) is 0.841. The highest BCUT2D eigenvalue weighted by molar-refractivity contribution is 5.04. The lowest BCUT2D eigenvalue weighted by Crippen LogP contribution is -2.19. The summed E-state index contributed by atoms with van der Waals surface area (Å²) in [5.41, 5.74) is -0.497. The van der Waals surface area contributed by atoms with E-state index in [0.29, 0.717) is 0 Å². The molecule has 0 aliphatic heterocycles. The summed E-state index contributed by atoms with van der Waals surface area (Å²) < 4.78 is 0. The van der Waals surface area contributed by atoms with Gasteiger partial charge in [0.15, 0.2) is 0 Å². The van der Waals surface area contributed by atoms with Gasteiger partial charge in [-0.1, -0.05) is 6.92 Å². The Morgan fingerprint density at radius 2 is 1.90 bits per heavy atom. The Bertz CT molecular complexity index is 180. The quantitative estimate of drug-likeness (QED) is 0.583. The van der Waals surface area contributed by atoms with Crippen LogP contribution in [0.1, 0.15) is 27.2 Å². The molecule has 0 saturated heterocycles. The van der Waals surface area contributed by atoms with Crippen molar-refractivity contribution < 1.29 is 0 Å². The van der Waals surface area contributed by atoms with Crippen LogP contribution in [0.5, 0.6) is 0 Å². The first-order valence-electron chi connectivity index (χ1n) is 3.39. The summed E-state index contributed by atoms with van der Waals surface area (Å²) in [6, 6.07) is 4.24. The molecule has 0 saturated carbocycles. The van der Waals surface area contributed by atoms with E-state index in [0.717, 1.165) is 6.42 Å². The first-order chi connectivity index (χ1) is 4.58. The molecule has 1 atom stereocenters. The van der Waals surface area contributed by atoms with Crippen LogP contribution in [-0.2, 0) is 0 Å². The fraction of sp³-hybridized carbons (Fsp3) is 0.750. The normalized spacial score (nSPS) is 13.3. The zero-order chi connectivity index (χ0) is 8.20. The maximum absolute atomic E-state index is 8.63. The van der Waals surface area contributed by atoms with E-state index in [-0.39, 0.29) is 5.92 Å². The lowest BCUT2D eigenvalue weighted by Gasteiger charge is -2.19. The first kappa shape index (κ1) is 8.98. The van der Waals surface area contributed by atoms with Crippen molar-refractivity contribution in [2.75, 3.05) is 0 Å². The summed E-state index contributed by atoms with van der Waals surface area (Å²) in [5.74, 6) is -0.141. The molecule has 0 bridgehead atoms. The van der Waals surface area contributed by atoms with Gasteiger partial charge in [-0.3, -0.25) is 0 Å². The van der Waals surface area contributed by atoms with Crippen molar-refractivity contribution in [3.63, 3.8) is 0 Å². The molecule has 2 heteroatoms. The van der Waals surface area contributed by atoms with E-state index < -0.39 is 5.41 Å². The predicted octanol–water partition coefficient (Wildman–Crippen LogP) is 2.09. The molecule has 0 N–H and O–H groups in total. The summed E-state index contributed by atoms with van der Waals surface area (Å²) in [7, 11) is 0. The van der Waals surface area contributed by atoms with Crippen molar-refractivity contribution in [1.82, 2.24) is 0 Å². The third-order valence-electron chi connectivity index (χ3n) is 1.72. The molecule has 0 fully saturated rings. The second kappa shape index (κ2) is 3.22. The second-order valence-electron chi connectivity index (χ2n) is 2.92.